The van der Waals surface area contributed by atoms with Crippen LogP contribution in [0.1, 0.15) is 20.8 Å². The molecule has 0 fully saturated rings. The molecule has 0 aromatic carbocycles. The first kappa shape index (κ1) is 11.7. The third-order valence-corrected chi connectivity index (χ3v) is 1.46. The minimum atomic E-state index is -0.992. The van der Waals surface area contributed by atoms with Crippen LogP contribution in [0, 0.1) is 0 Å². The number of rotatable bonds is 3. The van der Waals surface area contributed by atoms with Gasteiger partial charge in [0, 0.05) is 6.54 Å². The lowest BCUT2D eigenvalue weighted by Crippen LogP contribution is -2.53. The lowest BCUT2D eigenvalue weighted by Gasteiger charge is -2.22. The Hall–Kier alpha value is -1.26. The summed E-state index contributed by atoms with van der Waals surface area (Å²) in [5, 5.41) is 5.01. The summed E-state index contributed by atoms with van der Waals surface area (Å²) in [5.41, 5.74) is -0.992. The molecular formula is C8H16N2O3. The molecule has 13 heavy (non-hydrogen) atoms. The van der Waals surface area contributed by atoms with Crippen molar-refractivity contribution in [3.8, 4) is 0 Å². The van der Waals surface area contributed by atoms with E-state index in [4.69, 9.17) is 0 Å². The van der Waals surface area contributed by atoms with Gasteiger partial charge in [0.25, 0.3) is 0 Å². The molecule has 5 heteroatoms. The summed E-state index contributed by atoms with van der Waals surface area (Å²) in [6, 6.07) is -0.377. The molecule has 0 aliphatic rings. The monoisotopic (exact) mass is 188 g/mol. The molecule has 2 N–H and O–H groups in total. The number of ether oxygens (including phenoxy) is 1. The van der Waals surface area contributed by atoms with Crippen molar-refractivity contribution in [3.05, 3.63) is 0 Å². The van der Waals surface area contributed by atoms with Crippen molar-refractivity contribution in [2.75, 3.05) is 13.7 Å². The van der Waals surface area contributed by atoms with Crippen LogP contribution in [0.25, 0.3) is 0 Å². The van der Waals surface area contributed by atoms with Crippen LogP contribution in [-0.4, -0.2) is 31.2 Å². The molecule has 0 aromatic heterocycles. The van der Waals surface area contributed by atoms with Gasteiger partial charge in [0.1, 0.15) is 5.54 Å². The highest BCUT2D eigenvalue weighted by Crippen LogP contribution is 2.03. The molecule has 0 unspecified atom stereocenters. The average Bonchev–Trinajstić information content (AvgIpc) is 2.02. The Morgan fingerprint density at radius 2 is 1.92 bits per heavy atom. The second-order valence-corrected chi connectivity index (χ2v) is 3.10. The quantitative estimate of drug-likeness (QED) is 0.624. The van der Waals surface area contributed by atoms with Gasteiger partial charge in [-0.1, -0.05) is 0 Å². The molecule has 0 bridgehead atoms. The van der Waals surface area contributed by atoms with Crippen LogP contribution in [0.5, 0.6) is 0 Å². The summed E-state index contributed by atoms with van der Waals surface area (Å²) in [7, 11) is 1.28. The van der Waals surface area contributed by atoms with Gasteiger partial charge in [-0.05, 0) is 20.8 Å². The van der Waals surface area contributed by atoms with Crippen LogP contribution in [-0.2, 0) is 9.53 Å². The van der Waals surface area contributed by atoms with Gasteiger partial charge < -0.3 is 15.4 Å². The van der Waals surface area contributed by atoms with Crippen LogP contribution in [0.2, 0.25) is 0 Å². The van der Waals surface area contributed by atoms with Gasteiger partial charge in [-0.2, -0.15) is 0 Å². The van der Waals surface area contributed by atoms with E-state index in [1.807, 2.05) is 0 Å². The van der Waals surface area contributed by atoms with E-state index in [9.17, 15) is 9.59 Å². The fraction of sp³-hybridized carbons (Fsp3) is 0.750. The zero-order valence-electron chi connectivity index (χ0n) is 8.43. The predicted octanol–water partition coefficient (Wildman–Crippen LogP) is 0.257. The molecule has 5 nitrogen and oxygen atoms in total. The number of amides is 2. The van der Waals surface area contributed by atoms with Gasteiger partial charge in [0.05, 0.1) is 7.11 Å². The molecule has 0 heterocycles. The van der Waals surface area contributed by atoms with Crippen LogP contribution in [0.4, 0.5) is 4.79 Å². The Bertz CT molecular complexity index is 202. The zero-order valence-corrected chi connectivity index (χ0v) is 8.43. The lowest BCUT2D eigenvalue weighted by molar-refractivity contribution is -0.146. The maximum atomic E-state index is 11.1. The second-order valence-electron chi connectivity index (χ2n) is 3.10. The molecule has 0 aliphatic heterocycles. The molecular weight excluding hydrogens is 172 g/mol. The van der Waals surface area contributed by atoms with Crippen LogP contribution in [0.15, 0.2) is 0 Å². The Labute approximate surface area is 77.8 Å². The van der Waals surface area contributed by atoms with Gasteiger partial charge in [0.15, 0.2) is 0 Å². The Morgan fingerprint density at radius 1 is 1.38 bits per heavy atom. The van der Waals surface area contributed by atoms with Crippen LogP contribution < -0.4 is 10.6 Å². The molecule has 2 amide bonds. The predicted molar refractivity (Wildman–Crippen MR) is 48.3 cm³/mol. The summed E-state index contributed by atoms with van der Waals surface area (Å²) in [6.45, 7) is 5.47. The molecule has 0 saturated heterocycles. The first-order valence-corrected chi connectivity index (χ1v) is 4.08. The molecule has 0 rings (SSSR count). The molecule has 0 atom stereocenters. The van der Waals surface area contributed by atoms with E-state index in [0.29, 0.717) is 6.54 Å². The number of hydrogen-bond donors (Lipinski definition) is 2. The normalized spacial score (nSPS) is 10.5. The van der Waals surface area contributed by atoms with Gasteiger partial charge >= 0.3 is 12.0 Å². The van der Waals surface area contributed by atoms with Gasteiger partial charge in [-0.15, -0.1) is 0 Å². The summed E-state index contributed by atoms with van der Waals surface area (Å²) in [4.78, 5) is 22.2. The van der Waals surface area contributed by atoms with Crippen molar-refractivity contribution in [3.63, 3.8) is 0 Å². The molecule has 76 valence electrons. The zero-order chi connectivity index (χ0) is 10.5. The van der Waals surface area contributed by atoms with E-state index >= 15 is 0 Å². The third-order valence-electron chi connectivity index (χ3n) is 1.46. The summed E-state index contributed by atoms with van der Waals surface area (Å²) >= 11 is 0. The first-order chi connectivity index (χ1) is 5.94. The van der Waals surface area contributed by atoms with Crippen molar-refractivity contribution in [2.24, 2.45) is 0 Å². The van der Waals surface area contributed by atoms with Crippen molar-refractivity contribution in [1.29, 1.82) is 0 Å². The number of esters is 1. The Morgan fingerprint density at radius 3 is 2.31 bits per heavy atom. The standard InChI is InChI=1S/C8H16N2O3/c1-5-9-7(12)10-8(2,3)6(11)13-4/h5H2,1-4H3,(H2,9,10,12). The first-order valence-electron chi connectivity index (χ1n) is 4.08. The highest BCUT2D eigenvalue weighted by Gasteiger charge is 2.30. The minimum absolute atomic E-state index is 0.377. The molecule has 0 aliphatic carbocycles. The third kappa shape index (κ3) is 3.78. The topological polar surface area (TPSA) is 67.4 Å². The number of nitrogens with one attached hydrogen (secondary N) is 2. The highest BCUT2D eigenvalue weighted by molar-refractivity contribution is 5.86. The number of urea groups is 1. The summed E-state index contributed by atoms with van der Waals surface area (Å²) in [6.07, 6.45) is 0. The lowest BCUT2D eigenvalue weighted by atomic mass is 10.1. The number of methoxy groups -OCH3 is 1. The summed E-state index contributed by atoms with van der Waals surface area (Å²) in [5.74, 6) is -0.473. The number of carbonyl (C=O) groups is 2. The fourth-order valence-corrected chi connectivity index (χ4v) is 0.795. The summed E-state index contributed by atoms with van der Waals surface area (Å²) < 4.78 is 4.51. The van der Waals surface area contributed by atoms with Crippen LogP contribution >= 0.6 is 0 Å². The van der Waals surface area contributed by atoms with Crippen molar-refractivity contribution >= 4 is 12.0 Å². The van der Waals surface area contributed by atoms with Gasteiger partial charge in [0.2, 0.25) is 0 Å². The maximum Gasteiger partial charge on any atom is 0.331 e. The average molecular weight is 188 g/mol. The van der Waals surface area contributed by atoms with Crippen molar-refractivity contribution < 1.29 is 14.3 Å². The Kier molecular flexibility index (Phi) is 4.23. The Balaban J connectivity index is 4.16. The van der Waals surface area contributed by atoms with E-state index in [1.165, 1.54) is 7.11 Å². The molecule has 0 spiro atoms. The van der Waals surface area contributed by atoms with E-state index in [-0.39, 0.29) is 6.03 Å². The van der Waals surface area contributed by atoms with Gasteiger partial charge in [-0.3, -0.25) is 0 Å². The molecule has 0 radical (unpaired) electrons. The maximum absolute atomic E-state index is 11.1. The van der Waals surface area contributed by atoms with Crippen LogP contribution in [0.3, 0.4) is 0 Å². The minimum Gasteiger partial charge on any atom is -0.467 e. The smallest absolute Gasteiger partial charge is 0.331 e. The van der Waals surface area contributed by atoms with E-state index < -0.39 is 11.5 Å². The largest absolute Gasteiger partial charge is 0.467 e. The van der Waals surface area contributed by atoms with E-state index in [1.54, 1.807) is 20.8 Å². The van der Waals surface area contributed by atoms with Gasteiger partial charge in [-0.25, -0.2) is 9.59 Å². The van der Waals surface area contributed by atoms with E-state index in [0.717, 1.165) is 0 Å². The van der Waals surface area contributed by atoms with Crippen molar-refractivity contribution in [2.45, 2.75) is 26.3 Å². The number of hydrogen-bond acceptors (Lipinski definition) is 3. The SMILES string of the molecule is CCNC(=O)NC(C)(C)C(=O)OC. The highest BCUT2D eigenvalue weighted by atomic mass is 16.5. The number of carbonyl (C=O) groups excluding carboxylic acids is 2. The second kappa shape index (κ2) is 4.69. The van der Waals surface area contributed by atoms with E-state index in [2.05, 4.69) is 15.4 Å². The molecule has 0 aromatic rings. The fourth-order valence-electron chi connectivity index (χ4n) is 0.795. The molecule has 0 saturated carbocycles. The van der Waals surface area contributed by atoms with Crippen molar-refractivity contribution in [1.82, 2.24) is 10.6 Å².